The summed E-state index contributed by atoms with van der Waals surface area (Å²) in [5.41, 5.74) is 4.81. The first-order chi connectivity index (χ1) is 9.20. The van der Waals surface area contributed by atoms with Crippen LogP contribution in [0, 0.1) is 6.92 Å². The summed E-state index contributed by atoms with van der Waals surface area (Å²) in [6.45, 7) is 5.23. The van der Waals surface area contributed by atoms with Crippen LogP contribution in [0.4, 0.5) is 0 Å². The second kappa shape index (κ2) is 6.50. The Morgan fingerprint density at radius 1 is 1.11 bits per heavy atom. The second-order valence-corrected chi connectivity index (χ2v) is 4.93. The Morgan fingerprint density at radius 3 is 2.63 bits per heavy atom. The third-order valence-electron chi connectivity index (χ3n) is 3.49. The molecule has 0 saturated heterocycles. The van der Waals surface area contributed by atoms with E-state index in [0.29, 0.717) is 0 Å². The summed E-state index contributed by atoms with van der Waals surface area (Å²) in [6, 6.07) is 16.8. The summed E-state index contributed by atoms with van der Waals surface area (Å²) in [4.78, 5) is 0. The van der Waals surface area contributed by atoms with Crippen LogP contribution in [-0.4, -0.2) is 5.11 Å². The number of aliphatic hydroxyl groups excluding tert-OH is 1. The van der Waals surface area contributed by atoms with Crippen molar-refractivity contribution in [1.29, 1.82) is 0 Å². The standard InChI is InChI=1S/C17H21NO/c1-13-6-3-4-8-17(13)11-18-14(2)16-9-5-7-15(10-16)12-19/h3-10,14,18-19H,11-12H2,1-2H3. The van der Waals surface area contributed by atoms with E-state index in [0.717, 1.165) is 12.1 Å². The first kappa shape index (κ1) is 13.8. The van der Waals surface area contributed by atoms with Gasteiger partial charge < -0.3 is 10.4 Å². The van der Waals surface area contributed by atoms with Crippen LogP contribution in [0.3, 0.4) is 0 Å². The van der Waals surface area contributed by atoms with Gasteiger partial charge in [-0.25, -0.2) is 0 Å². The zero-order valence-electron chi connectivity index (χ0n) is 11.6. The maximum Gasteiger partial charge on any atom is 0.0681 e. The zero-order valence-corrected chi connectivity index (χ0v) is 11.6. The average Bonchev–Trinajstić information content (AvgIpc) is 2.46. The van der Waals surface area contributed by atoms with E-state index in [1.54, 1.807) is 0 Å². The lowest BCUT2D eigenvalue weighted by Gasteiger charge is -2.16. The molecule has 0 aromatic heterocycles. The smallest absolute Gasteiger partial charge is 0.0681 e. The van der Waals surface area contributed by atoms with E-state index >= 15 is 0 Å². The van der Waals surface area contributed by atoms with Gasteiger partial charge in [0.25, 0.3) is 0 Å². The van der Waals surface area contributed by atoms with Gasteiger partial charge in [-0.15, -0.1) is 0 Å². The summed E-state index contributed by atoms with van der Waals surface area (Å²) < 4.78 is 0. The Morgan fingerprint density at radius 2 is 1.89 bits per heavy atom. The Hall–Kier alpha value is -1.64. The highest BCUT2D eigenvalue weighted by atomic mass is 16.3. The Kier molecular flexibility index (Phi) is 4.72. The molecule has 100 valence electrons. The molecule has 0 fully saturated rings. The van der Waals surface area contributed by atoms with Crippen LogP contribution in [0.25, 0.3) is 0 Å². The van der Waals surface area contributed by atoms with Gasteiger partial charge in [0.1, 0.15) is 0 Å². The van der Waals surface area contributed by atoms with Gasteiger partial charge in [0.15, 0.2) is 0 Å². The lowest BCUT2D eigenvalue weighted by molar-refractivity contribution is 0.281. The van der Waals surface area contributed by atoms with E-state index in [-0.39, 0.29) is 12.6 Å². The second-order valence-electron chi connectivity index (χ2n) is 4.93. The van der Waals surface area contributed by atoms with Crippen molar-refractivity contribution in [2.24, 2.45) is 0 Å². The number of hydrogen-bond donors (Lipinski definition) is 2. The predicted molar refractivity (Wildman–Crippen MR) is 78.8 cm³/mol. The van der Waals surface area contributed by atoms with E-state index in [2.05, 4.69) is 55.6 Å². The Bertz CT molecular complexity index is 536. The Balaban J connectivity index is 2.01. The predicted octanol–water partition coefficient (Wildman–Crippen LogP) is 3.34. The maximum absolute atomic E-state index is 9.17. The molecule has 0 amide bonds. The molecule has 2 nitrogen and oxygen atoms in total. The number of nitrogens with one attached hydrogen (secondary N) is 1. The SMILES string of the molecule is Cc1ccccc1CNC(C)c1cccc(CO)c1. The third-order valence-corrected chi connectivity index (χ3v) is 3.49. The van der Waals surface area contributed by atoms with Gasteiger partial charge in [-0.05, 0) is 36.1 Å². The van der Waals surface area contributed by atoms with Gasteiger partial charge in [0, 0.05) is 12.6 Å². The quantitative estimate of drug-likeness (QED) is 0.859. The summed E-state index contributed by atoms with van der Waals surface area (Å²) >= 11 is 0. The van der Waals surface area contributed by atoms with E-state index in [4.69, 9.17) is 5.11 Å². The van der Waals surface area contributed by atoms with Gasteiger partial charge in [-0.3, -0.25) is 0 Å². The van der Waals surface area contributed by atoms with Gasteiger partial charge in [-0.2, -0.15) is 0 Å². The number of hydrogen-bond acceptors (Lipinski definition) is 2. The topological polar surface area (TPSA) is 32.3 Å². The fourth-order valence-corrected chi connectivity index (χ4v) is 2.15. The first-order valence-corrected chi connectivity index (χ1v) is 6.68. The monoisotopic (exact) mass is 255 g/mol. The summed E-state index contributed by atoms with van der Waals surface area (Å²) in [7, 11) is 0. The molecular weight excluding hydrogens is 234 g/mol. The average molecular weight is 255 g/mol. The molecule has 2 rings (SSSR count). The molecule has 2 aromatic carbocycles. The van der Waals surface area contributed by atoms with Crippen molar-refractivity contribution in [2.45, 2.75) is 33.0 Å². The van der Waals surface area contributed by atoms with Crippen LogP contribution in [-0.2, 0) is 13.2 Å². The number of aryl methyl sites for hydroxylation is 1. The molecule has 2 N–H and O–H groups in total. The molecule has 0 heterocycles. The minimum atomic E-state index is 0.0956. The highest BCUT2D eigenvalue weighted by Crippen LogP contribution is 2.16. The maximum atomic E-state index is 9.17. The van der Waals surface area contributed by atoms with Crippen LogP contribution in [0.5, 0.6) is 0 Å². The van der Waals surface area contributed by atoms with Crippen molar-refractivity contribution >= 4 is 0 Å². The normalized spacial score (nSPS) is 12.4. The number of rotatable bonds is 5. The van der Waals surface area contributed by atoms with E-state index in [1.807, 2.05) is 12.1 Å². The molecule has 1 unspecified atom stereocenters. The van der Waals surface area contributed by atoms with Crippen LogP contribution < -0.4 is 5.32 Å². The Labute approximate surface area is 115 Å². The third kappa shape index (κ3) is 3.66. The molecule has 19 heavy (non-hydrogen) atoms. The van der Waals surface area contributed by atoms with E-state index in [1.165, 1.54) is 16.7 Å². The fraction of sp³-hybridized carbons (Fsp3) is 0.294. The first-order valence-electron chi connectivity index (χ1n) is 6.68. The van der Waals surface area contributed by atoms with Crippen molar-refractivity contribution in [3.8, 4) is 0 Å². The number of aliphatic hydroxyl groups is 1. The molecule has 0 aliphatic carbocycles. The van der Waals surface area contributed by atoms with Crippen LogP contribution >= 0.6 is 0 Å². The molecule has 0 spiro atoms. The molecule has 1 atom stereocenters. The fourth-order valence-electron chi connectivity index (χ4n) is 2.15. The molecule has 2 heteroatoms. The van der Waals surface area contributed by atoms with Crippen LogP contribution in [0.2, 0.25) is 0 Å². The molecule has 2 aromatic rings. The summed E-state index contributed by atoms with van der Waals surface area (Å²) in [5.74, 6) is 0. The van der Waals surface area contributed by atoms with Crippen molar-refractivity contribution < 1.29 is 5.11 Å². The zero-order chi connectivity index (χ0) is 13.7. The molecule has 0 aliphatic heterocycles. The lowest BCUT2D eigenvalue weighted by atomic mass is 10.0. The summed E-state index contributed by atoms with van der Waals surface area (Å²) in [5, 5.41) is 12.7. The van der Waals surface area contributed by atoms with Crippen molar-refractivity contribution in [1.82, 2.24) is 5.32 Å². The molecular formula is C17H21NO. The van der Waals surface area contributed by atoms with E-state index in [9.17, 15) is 0 Å². The largest absolute Gasteiger partial charge is 0.392 e. The molecule has 0 saturated carbocycles. The van der Waals surface area contributed by atoms with Gasteiger partial charge in [-0.1, -0.05) is 48.5 Å². The summed E-state index contributed by atoms with van der Waals surface area (Å²) in [6.07, 6.45) is 0. The van der Waals surface area contributed by atoms with Gasteiger partial charge >= 0.3 is 0 Å². The highest BCUT2D eigenvalue weighted by molar-refractivity contribution is 5.27. The minimum absolute atomic E-state index is 0.0956. The molecule has 0 aliphatic rings. The van der Waals surface area contributed by atoms with Gasteiger partial charge in [0.2, 0.25) is 0 Å². The van der Waals surface area contributed by atoms with Gasteiger partial charge in [0.05, 0.1) is 6.61 Å². The molecule has 0 radical (unpaired) electrons. The van der Waals surface area contributed by atoms with Crippen molar-refractivity contribution in [3.05, 3.63) is 70.8 Å². The molecule has 0 bridgehead atoms. The van der Waals surface area contributed by atoms with Crippen LogP contribution in [0.15, 0.2) is 48.5 Å². The highest BCUT2D eigenvalue weighted by Gasteiger charge is 2.06. The lowest BCUT2D eigenvalue weighted by Crippen LogP contribution is -2.18. The van der Waals surface area contributed by atoms with Crippen molar-refractivity contribution in [3.63, 3.8) is 0 Å². The minimum Gasteiger partial charge on any atom is -0.392 e. The van der Waals surface area contributed by atoms with E-state index < -0.39 is 0 Å². The number of benzene rings is 2. The van der Waals surface area contributed by atoms with Crippen molar-refractivity contribution in [2.75, 3.05) is 0 Å². The van der Waals surface area contributed by atoms with Crippen LogP contribution in [0.1, 0.15) is 35.2 Å².